The molecule has 0 fully saturated rings. The summed E-state index contributed by atoms with van der Waals surface area (Å²) in [5.74, 6) is 0. The Morgan fingerprint density at radius 1 is 1.25 bits per heavy atom. The molecule has 41 valence electrons. The Bertz CT molecular complexity index is 66.7. The fourth-order valence-corrected chi connectivity index (χ4v) is 0. The summed E-state index contributed by atoms with van der Waals surface area (Å²) < 4.78 is 8.88. The van der Waals surface area contributed by atoms with Gasteiger partial charge in [-0.05, 0) is 0 Å². The van der Waals surface area contributed by atoms with Crippen LogP contribution < -0.4 is 18.9 Å². The number of hydrogen-bond donors (Lipinski definition) is 3. The van der Waals surface area contributed by atoms with E-state index < -0.39 is 7.82 Å². The van der Waals surface area contributed by atoms with Crippen molar-refractivity contribution in [1.29, 1.82) is 0 Å². The summed E-state index contributed by atoms with van der Waals surface area (Å²) in [5.41, 5.74) is 0. The van der Waals surface area contributed by atoms with Crippen molar-refractivity contribution in [3.63, 3.8) is 0 Å². The third-order valence-electron chi connectivity index (χ3n) is 0. The van der Waals surface area contributed by atoms with Crippen molar-refractivity contribution in [1.82, 2.24) is 0 Å². The maximum Gasteiger partial charge on any atom is 1.00 e. The molecule has 0 saturated heterocycles. The fourth-order valence-electron chi connectivity index (χ4n) is 0. The van der Waals surface area contributed by atoms with Crippen molar-refractivity contribution in [2.45, 2.75) is 0 Å². The summed E-state index contributed by atoms with van der Waals surface area (Å²) in [6, 6.07) is 0. The van der Waals surface area contributed by atoms with Crippen molar-refractivity contribution in [2.75, 3.05) is 0 Å². The van der Waals surface area contributed by atoms with Gasteiger partial charge in [-0.25, -0.2) is 4.57 Å². The summed E-state index contributed by atoms with van der Waals surface area (Å²) >= 11 is 0. The zero-order valence-corrected chi connectivity index (χ0v) is 8.53. The van der Waals surface area contributed by atoms with E-state index in [-0.39, 0.29) is 67.8 Å². The van der Waals surface area contributed by atoms with Gasteiger partial charge in [0.1, 0.15) is 0 Å². The molecule has 0 saturated carbocycles. The van der Waals surface area contributed by atoms with E-state index in [1.165, 1.54) is 0 Å². The molecule has 0 heterocycles. The van der Waals surface area contributed by atoms with Crippen LogP contribution >= 0.6 is 7.82 Å². The van der Waals surface area contributed by atoms with Crippen molar-refractivity contribution in [3.8, 4) is 0 Å². The predicted molar refractivity (Wildman–Crippen MR) is 15.4 cm³/mol. The number of rotatable bonds is 0. The van der Waals surface area contributed by atoms with Crippen LogP contribution in [0.1, 0.15) is 1.43 Å². The van der Waals surface area contributed by atoms with Gasteiger partial charge in [-0.3, -0.25) is 0 Å². The molecule has 0 aromatic rings. The fraction of sp³-hybridized carbons (Fsp3) is 0. The molecule has 0 aliphatic rings. The molecule has 0 aromatic carbocycles. The van der Waals surface area contributed by atoms with E-state index in [1.54, 1.807) is 0 Å². The molecule has 1 radical (unpaired) electrons. The molecule has 0 rings (SSSR count). The Morgan fingerprint density at radius 2 is 1.25 bits per heavy atom. The molecule has 0 amide bonds. The second kappa shape index (κ2) is 9.29. The largest absolute Gasteiger partial charge is 1.00 e. The molecule has 4 nitrogen and oxygen atoms in total. The third kappa shape index (κ3) is 83.9. The van der Waals surface area contributed by atoms with Gasteiger partial charge in [0.15, 0.2) is 0 Å². The monoisotopic (exact) mass is 199 g/mol. The minimum atomic E-state index is -4.64. The second-order valence-corrected chi connectivity index (χ2v) is 1.54. The van der Waals surface area contributed by atoms with E-state index in [1.807, 2.05) is 0 Å². The Morgan fingerprint density at radius 3 is 1.25 bits per heavy atom. The topological polar surface area (TPSA) is 77.8 Å². The maximum absolute atomic E-state index is 8.88. The van der Waals surface area contributed by atoms with Crippen LogP contribution in [0.2, 0.25) is 0 Å². The molecule has 8 heteroatoms. The molecule has 0 spiro atoms. The van der Waals surface area contributed by atoms with E-state index in [0.717, 1.165) is 0 Å². The molecule has 8 heavy (non-hydrogen) atoms. The standard InChI is InChI=1S/Li.H3O4P.Sc.Ti.H/c;1-5(2,3)4;;;/h;(H3,1,2,3,4);;;/q+1;;;;-1. The van der Waals surface area contributed by atoms with Crippen molar-refractivity contribution >= 4 is 7.82 Å². The van der Waals surface area contributed by atoms with Gasteiger partial charge in [0.05, 0.1) is 0 Å². The van der Waals surface area contributed by atoms with E-state index in [0.29, 0.717) is 0 Å². The van der Waals surface area contributed by atoms with Gasteiger partial charge in [-0.1, -0.05) is 0 Å². The average molecular weight is 199 g/mol. The number of hydrogen-bond acceptors (Lipinski definition) is 1. The van der Waals surface area contributed by atoms with Gasteiger partial charge < -0.3 is 16.1 Å². The Kier molecular flexibility index (Phi) is 26.1. The third-order valence-corrected chi connectivity index (χ3v) is 0. The average Bonchev–Trinajstić information content (AvgIpc) is 0.722. The van der Waals surface area contributed by atoms with Crippen molar-refractivity contribution in [2.24, 2.45) is 0 Å². The van der Waals surface area contributed by atoms with Gasteiger partial charge >= 0.3 is 26.7 Å². The first-order valence-corrected chi connectivity index (χ1v) is 2.35. The summed E-state index contributed by atoms with van der Waals surface area (Å²) in [7, 11) is -4.64. The summed E-state index contributed by atoms with van der Waals surface area (Å²) in [5, 5.41) is 0. The van der Waals surface area contributed by atoms with Crippen LogP contribution in [0.5, 0.6) is 0 Å². The van der Waals surface area contributed by atoms with E-state index >= 15 is 0 Å². The summed E-state index contributed by atoms with van der Waals surface area (Å²) in [4.78, 5) is 21.6. The molecule has 0 bridgehead atoms. The summed E-state index contributed by atoms with van der Waals surface area (Å²) in [6.45, 7) is 0. The smallest absolute Gasteiger partial charge is 1.00 e. The Labute approximate surface area is 94.0 Å². The minimum absolute atomic E-state index is 0. The van der Waals surface area contributed by atoms with Crippen molar-refractivity contribution < 1.29 is 87.1 Å². The first kappa shape index (κ1) is 22.4. The van der Waals surface area contributed by atoms with E-state index in [9.17, 15) is 0 Å². The van der Waals surface area contributed by atoms with Gasteiger partial charge in [0.25, 0.3) is 0 Å². The van der Waals surface area contributed by atoms with Gasteiger partial charge in [-0.15, -0.1) is 0 Å². The van der Waals surface area contributed by atoms with Crippen LogP contribution in [-0.4, -0.2) is 14.7 Å². The summed E-state index contributed by atoms with van der Waals surface area (Å²) in [6.07, 6.45) is 0. The molecular weight excluding hydrogens is 195 g/mol. The molecule has 0 unspecified atom stereocenters. The van der Waals surface area contributed by atoms with Crippen LogP contribution in [0.15, 0.2) is 0 Å². The van der Waals surface area contributed by atoms with Crippen LogP contribution in [0, 0.1) is 0 Å². The minimum Gasteiger partial charge on any atom is -1.00 e. The molecule has 0 aliphatic carbocycles. The maximum atomic E-state index is 8.88. The zero-order chi connectivity index (χ0) is 4.50. The Hall–Kier alpha value is 2.29. The predicted octanol–water partition coefficient (Wildman–Crippen LogP) is -3.82. The van der Waals surface area contributed by atoms with Gasteiger partial charge in [0.2, 0.25) is 0 Å². The van der Waals surface area contributed by atoms with E-state index in [4.69, 9.17) is 19.2 Å². The van der Waals surface area contributed by atoms with Gasteiger partial charge in [0, 0.05) is 47.6 Å². The van der Waals surface area contributed by atoms with Crippen LogP contribution in [0.25, 0.3) is 0 Å². The van der Waals surface area contributed by atoms with E-state index in [2.05, 4.69) is 0 Å². The van der Waals surface area contributed by atoms with Gasteiger partial charge in [-0.2, -0.15) is 0 Å². The van der Waals surface area contributed by atoms with Crippen LogP contribution in [0.4, 0.5) is 0 Å². The molecule has 0 aromatic heterocycles. The normalized spacial score (nSPS) is 7.38. The zero-order valence-electron chi connectivity index (χ0n) is 5.27. The Balaban J connectivity index is -0.0000000133. The first-order chi connectivity index (χ1) is 2.00. The molecular formula is H4LiO4PScTi. The SMILES string of the molecule is O=P(O)(O)O.[H-].[Li+].[Sc].[Ti]. The molecule has 0 aliphatic heterocycles. The quantitative estimate of drug-likeness (QED) is 0.276. The first-order valence-electron chi connectivity index (χ1n) is 0.783. The number of phosphoric acid groups is 1. The van der Waals surface area contributed by atoms with Crippen LogP contribution in [0.3, 0.4) is 0 Å². The van der Waals surface area contributed by atoms with Crippen molar-refractivity contribution in [3.05, 3.63) is 0 Å². The molecule has 0 atom stereocenters. The second-order valence-electron chi connectivity index (χ2n) is 0.513. The van der Waals surface area contributed by atoms with Crippen LogP contribution in [-0.2, 0) is 52.1 Å². The molecule has 3 N–H and O–H groups in total.